The van der Waals surface area contributed by atoms with E-state index in [0.29, 0.717) is 13.0 Å². The lowest BCUT2D eigenvalue weighted by atomic mass is 9.94. The molecule has 0 bridgehead atoms. The molecule has 2 unspecified atom stereocenters. The number of phenolic OH excluding ortho intramolecular Hbond substituents is 1. The van der Waals surface area contributed by atoms with Crippen molar-refractivity contribution in [3.8, 4) is 5.75 Å². The van der Waals surface area contributed by atoms with Gasteiger partial charge in [0.2, 0.25) is 11.8 Å². The Labute approximate surface area is 245 Å². The Morgan fingerprint density at radius 2 is 1.59 bits per heavy atom. The lowest BCUT2D eigenvalue weighted by molar-refractivity contribution is -0.143. The average Bonchev–Trinajstić information content (AvgIpc) is 2.83. The molecule has 0 aromatic heterocycles. The van der Waals surface area contributed by atoms with Crippen molar-refractivity contribution in [3.63, 3.8) is 0 Å². The Morgan fingerprint density at radius 1 is 0.951 bits per heavy atom. The highest BCUT2D eigenvalue weighted by atomic mass is 16.6. The number of unbranched alkanes of at least 4 members (excludes halogenated alkanes) is 2. The highest BCUT2D eigenvalue weighted by molar-refractivity contribution is 5.92. The molecule has 2 rings (SSSR count). The van der Waals surface area contributed by atoms with Gasteiger partial charge in [0.25, 0.3) is 0 Å². The number of carbonyl (C=O) groups is 3. The van der Waals surface area contributed by atoms with Crippen molar-refractivity contribution in [1.29, 1.82) is 0 Å². The minimum Gasteiger partial charge on any atom is -0.508 e. The number of alkyl carbamates (subject to hydrolysis) is 1. The molecule has 8 heteroatoms. The van der Waals surface area contributed by atoms with Crippen LogP contribution >= 0.6 is 0 Å². The van der Waals surface area contributed by atoms with Gasteiger partial charge in [0, 0.05) is 18.5 Å². The first-order valence-corrected chi connectivity index (χ1v) is 14.5. The Bertz CT molecular complexity index is 1180. The van der Waals surface area contributed by atoms with E-state index in [1.54, 1.807) is 49.9 Å². The zero-order chi connectivity index (χ0) is 31.0. The van der Waals surface area contributed by atoms with Crippen LogP contribution in [0, 0.1) is 13.8 Å². The van der Waals surface area contributed by atoms with E-state index in [9.17, 15) is 19.5 Å². The SMILES string of the molecule is CCCCCN(C(=O)C(Cc1ccc(O)cc1)NC(=O)OC(C)(C)C)C(C(=O)NC(C)(C)C)c1cc(C)ccc1C. The Morgan fingerprint density at radius 3 is 2.15 bits per heavy atom. The molecule has 0 aliphatic heterocycles. The number of nitrogens with one attached hydrogen (secondary N) is 2. The van der Waals surface area contributed by atoms with Gasteiger partial charge in [0.05, 0.1) is 0 Å². The number of nitrogens with zero attached hydrogens (tertiary/aromatic N) is 1. The normalized spacial score (nSPS) is 13.2. The third-order valence-electron chi connectivity index (χ3n) is 6.44. The van der Waals surface area contributed by atoms with Gasteiger partial charge in [-0.3, -0.25) is 9.59 Å². The molecule has 2 atom stereocenters. The Balaban J connectivity index is 2.64. The van der Waals surface area contributed by atoms with Crippen molar-refractivity contribution in [3.05, 3.63) is 64.7 Å². The molecule has 0 saturated heterocycles. The average molecular weight is 568 g/mol. The van der Waals surface area contributed by atoms with Crippen LogP contribution in [0.4, 0.5) is 4.79 Å². The van der Waals surface area contributed by atoms with Crippen molar-refractivity contribution in [2.24, 2.45) is 0 Å². The third-order valence-corrected chi connectivity index (χ3v) is 6.44. The van der Waals surface area contributed by atoms with E-state index in [0.717, 1.165) is 35.1 Å². The molecule has 8 nitrogen and oxygen atoms in total. The molecule has 41 heavy (non-hydrogen) atoms. The molecule has 0 radical (unpaired) electrons. The summed E-state index contributed by atoms with van der Waals surface area (Å²) < 4.78 is 5.51. The summed E-state index contributed by atoms with van der Waals surface area (Å²) in [6.07, 6.45) is 1.96. The van der Waals surface area contributed by atoms with E-state index < -0.39 is 29.3 Å². The summed E-state index contributed by atoms with van der Waals surface area (Å²) in [6, 6.07) is 10.5. The summed E-state index contributed by atoms with van der Waals surface area (Å²) in [4.78, 5) is 43.1. The van der Waals surface area contributed by atoms with Gasteiger partial charge in [-0.25, -0.2) is 4.79 Å². The molecule has 0 heterocycles. The Hall–Kier alpha value is -3.55. The molecule has 3 amide bonds. The summed E-state index contributed by atoms with van der Waals surface area (Å²) in [5.41, 5.74) is 2.09. The topological polar surface area (TPSA) is 108 Å². The van der Waals surface area contributed by atoms with Gasteiger partial charge in [-0.1, -0.05) is 55.7 Å². The molecule has 2 aromatic carbocycles. The standard InChI is InChI=1S/C33H49N3O5/c1-10-11-12-19-36(28(29(38)35-32(4,5)6)26-20-22(2)13-14-23(26)3)30(39)27(34-31(40)41-33(7,8)9)21-24-15-17-25(37)18-16-24/h13-18,20,27-28,37H,10-12,19,21H2,1-9H3,(H,34,40)(H,35,38). The fraction of sp³-hybridized carbons (Fsp3) is 0.545. The smallest absolute Gasteiger partial charge is 0.408 e. The molecule has 0 fully saturated rings. The van der Waals surface area contributed by atoms with Crippen LogP contribution in [-0.2, 0) is 20.7 Å². The van der Waals surface area contributed by atoms with Gasteiger partial charge in [-0.15, -0.1) is 0 Å². The molecule has 0 aliphatic carbocycles. The number of hydrogen-bond acceptors (Lipinski definition) is 5. The summed E-state index contributed by atoms with van der Waals surface area (Å²) in [5.74, 6) is -0.557. The fourth-order valence-corrected chi connectivity index (χ4v) is 4.56. The van der Waals surface area contributed by atoms with E-state index in [1.165, 1.54) is 0 Å². The fourth-order valence-electron chi connectivity index (χ4n) is 4.56. The van der Waals surface area contributed by atoms with Crippen molar-refractivity contribution >= 4 is 17.9 Å². The lowest BCUT2D eigenvalue weighted by Crippen LogP contribution is -2.55. The third kappa shape index (κ3) is 11.1. The second-order valence-corrected chi connectivity index (χ2v) is 12.8. The summed E-state index contributed by atoms with van der Waals surface area (Å²) >= 11 is 0. The van der Waals surface area contributed by atoms with Gasteiger partial charge in [-0.05, 0) is 90.6 Å². The number of amides is 3. The van der Waals surface area contributed by atoms with Crippen molar-refractivity contribution in [2.75, 3.05) is 6.54 Å². The number of aromatic hydroxyl groups is 1. The van der Waals surface area contributed by atoms with Gasteiger partial charge >= 0.3 is 6.09 Å². The number of hydrogen-bond donors (Lipinski definition) is 3. The molecule has 0 spiro atoms. The van der Waals surface area contributed by atoms with Crippen LogP contribution in [-0.4, -0.2) is 51.6 Å². The van der Waals surface area contributed by atoms with Crippen LogP contribution in [0.3, 0.4) is 0 Å². The number of carbonyl (C=O) groups excluding carboxylic acids is 3. The molecule has 2 aromatic rings. The van der Waals surface area contributed by atoms with Gasteiger partial charge < -0.3 is 25.4 Å². The number of rotatable bonds is 11. The summed E-state index contributed by atoms with van der Waals surface area (Å²) in [7, 11) is 0. The largest absolute Gasteiger partial charge is 0.508 e. The molecule has 0 saturated carbocycles. The predicted molar refractivity (Wildman–Crippen MR) is 163 cm³/mol. The van der Waals surface area contributed by atoms with Gasteiger partial charge in [-0.2, -0.15) is 0 Å². The van der Waals surface area contributed by atoms with Crippen LogP contribution < -0.4 is 10.6 Å². The van der Waals surface area contributed by atoms with E-state index in [-0.39, 0.29) is 24.0 Å². The minimum atomic E-state index is -1.01. The lowest BCUT2D eigenvalue weighted by Gasteiger charge is -2.37. The van der Waals surface area contributed by atoms with E-state index in [2.05, 4.69) is 17.6 Å². The summed E-state index contributed by atoms with van der Waals surface area (Å²) in [5, 5.41) is 15.6. The number of benzene rings is 2. The number of aryl methyl sites for hydroxylation is 2. The van der Waals surface area contributed by atoms with Crippen LogP contribution in [0.25, 0.3) is 0 Å². The quantitative estimate of drug-likeness (QED) is 0.284. The van der Waals surface area contributed by atoms with E-state index in [1.807, 2.05) is 52.8 Å². The molecular weight excluding hydrogens is 518 g/mol. The zero-order valence-corrected chi connectivity index (χ0v) is 26.3. The van der Waals surface area contributed by atoms with Crippen LogP contribution in [0.5, 0.6) is 5.75 Å². The Kier molecular flexibility index (Phi) is 11.8. The second-order valence-electron chi connectivity index (χ2n) is 12.8. The first-order chi connectivity index (χ1) is 19.0. The van der Waals surface area contributed by atoms with Gasteiger partial charge in [0.15, 0.2) is 0 Å². The summed E-state index contributed by atoms with van der Waals surface area (Å²) in [6.45, 7) is 17.3. The molecule has 226 valence electrons. The highest BCUT2D eigenvalue weighted by Crippen LogP contribution is 2.28. The predicted octanol–water partition coefficient (Wildman–Crippen LogP) is 6.12. The first-order valence-electron chi connectivity index (χ1n) is 14.5. The molecule has 0 aliphatic rings. The number of ether oxygens (including phenoxy) is 1. The van der Waals surface area contributed by atoms with Crippen LogP contribution in [0.2, 0.25) is 0 Å². The monoisotopic (exact) mass is 567 g/mol. The van der Waals surface area contributed by atoms with E-state index >= 15 is 0 Å². The first kappa shape index (κ1) is 33.7. The van der Waals surface area contributed by atoms with Gasteiger partial charge in [0.1, 0.15) is 23.4 Å². The van der Waals surface area contributed by atoms with Crippen molar-refractivity contribution in [1.82, 2.24) is 15.5 Å². The molecular formula is C33H49N3O5. The maximum absolute atomic E-state index is 14.5. The maximum atomic E-state index is 14.5. The maximum Gasteiger partial charge on any atom is 0.408 e. The van der Waals surface area contributed by atoms with Crippen molar-refractivity contribution in [2.45, 2.75) is 111 Å². The van der Waals surface area contributed by atoms with Crippen molar-refractivity contribution < 1.29 is 24.2 Å². The second kappa shape index (κ2) is 14.4. The van der Waals surface area contributed by atoms with Crippen LogP contribution in [0.15, 0.2) is 42.5 Å². The number of phenols is 1. The minimum absolute atomic E-state index is 0.103. The zero-order valence-electron chi connectivity index (χ0n) is 26.3. The molecule has 3 N–H and O–H groups in total. The van der Waals surface area contributed by atoms with E-state index in [4.69, 9.17) is 4.74 Å². The highest BCUT2D eigenvalue weighted by Gasteiger charge is 2.38. The van der Waals surface area contributed by atoms with Crippen LogP contribution in [0.1, 0.15) is 96.0 Å².